The molecule has 44 heavy (non-hydrogen) atoms. The third kappa shape index (κ3) is 4.00. The summed E-state index contributed by atoms with van der Waals surface area (Å²) in [6.45, 7) is 18.5. The molecule has 2 saturated heterocycles. The highest BCUT2D eigenvalue weighted by Crippen LogP contribution is 2.89. The van der Waals surface area contributed by atoms with Crippen LogP contribution in [0.15, 0.2) is 0 Å². The third-order valence-electron chi connectivity index (χ3n) is 15.6. The molecule has 8 heteroatoms. The van der Waals surface area contributed by atoms with Crippen LogP contribution in [0.25, 0.3) is 0 Å². The minimum Gasteiger partial charge on any atom is -0.390 e. The van der Waals surface area contributed by atoms with E-state index in [0.29, 0.717) is 49.3 Å². The van der Waals surface area contributed by atoms with E-state index in [4.69, 9.17) is 14.2 Å². The van der Waals surface area contributed by atoms with Crippen LogP contribution in [0, 0.1) is 50.7 Å². The maximum absolute atomic E-state index is 12.4. The lowest BCUT2D eigenvalue weighted by Crippen LogP contribution is -2.60. The van der Waals surface area contributed by atoms with E-state index in [-0.39, 0.29) is 52.0 Å². The molecule has 7 aliphatic rings. The molecule has 0 aromatic carbocycles. The van der Waals surface area contributed by atoms with Gasteiger partial charge in [-0.05, 0) is 111 Å². The maximum atomic E-state index is 12.4. The Balaban J connectivity index is 1.14. The number of morpholine rings is 1. The van der Waals surface area contributed by atoms with Crippen LogP contribution >= 0.6 is 0 Å². The SMILES string of the molecule is CC(=O)N1CCOC(OC2CC[C@]34CC35CC[C@]3(C)C6C(OC([C@H](O)C(C)(C)O)C[C@H]6C)[C@H](O)C3(C)[C@@H]5CCC4C2(C)C)C1. The average Bonchev–Trinajstić information content (AvgIpc) is 3.58. The molecule has 1 amide bonds. The minimum atomic E-state index is -1.25. The van der Waals surface area contributed by atoms with Gasteiger partial charge in [-0.25, -0.2) is 0 Å². The van der Waals surface area contributed by atoms with Crippen molar-refractivity contribution in [1.82, 2.24) is 4.90 Å². The third-order valence-corrected chi connectivity index (χ3v) is 15.6. The number of fused-ring (bicyclic) bond motifs is 4. The first kappa shape index (κ1) is 31.8. The van der Waals surface area contributed by atoms with Crippen LogP contribution in [-0.4, -0.2) is 88.2 Å². The van der Waals surface area contributed by atoms with E-state index in [0.717, 1.165) is 32.1 Å². The first-order chi connectivity index (χ1) is 20.4. The zero-order valence-corrected chi connectivity index (χ0v) is 28.5. The molecule has 7 rings (SSSR count). The van der Waals surface area contributed by atoms with Gasteiger partial charge < -0.3 is 34.4 Å². The summed E-state index contributed by atoms with van der Waals surface area (Å²) in [6.07, 6.45) is 6.10. The van der Waals surface area contributed by atoms with Crippen LogP contribution in [-0.2, 0) is 19.0 Å². The fourth-order valence-electron chi connectivity index (χ4n) is 13.4. The normalized spacial score (nSPS) is 53.4. The van der Waals surface area contributed by atoms with Gasteiger partial charge in [-0.1, -0.05) is 34.6 Å². The van der Waals surface area contributed by atoms with E-state index in [2.05, 4.69) is 34.6 Å². The van der Waals surface area contributed by atoms with Crippen LogP contribution in [0.3, 0.4) is 0 Å². The molecule has 0 aromatic heterocycles. The molecule has 3 N–H and O–H groups in total. The van der Waals surface area contributed by atoms with Crippen molar-refractivity contribution in [3.8, 4) is 0 Å². The monoisotopic (exact) mass is 617 g/mol. The van der Waals surface area contributed by atoms with E-state index >= 15 is 0 Å². The molecule has 0 radical (unpaired) electrons. The van der Waals surface area contributed by atoms with E-state index < -0.39 is 23.9 Å². The molecule has 2 aliphatic heterocycles. The number of carbonyl (C=O) groups excluding carboxylic acids is 1. The Kier molecular flexibility index (Phi) is 7.14. The molecule has 2 heterocycles. The Morgan fingerprint density at radius 2 is 1.73 bits per heavy atom. The Hall–Kier alpha value is -0.770. The number of aliphatic hydroxyl groups is 3. The van der Waals surface area contributed by atoms with Crippen LogP contribution in [0.2, 0.25) is 0 Å². The molecule has 0 aromatic rings. The molecular formula is C36H59NO7. The summed E-state index contributed by atoms with van der Waals surface area (Å²) >= 11 is 0. The molecule has 2 spiro atoms. The number of ether oxygens (including phenoxy) is 3. The predicted octanol–water partition coefficient (Wildman–Crippen LogP) is 4.52. The Labute approximate surface area is 264 Å². The van der Waals surface area contributed by atoms with Crippen molar-refractivity contribution in [3.63, 3.8) is 0 Å². The lowest BCUT2D eigenvalue weighted by molar-refractivity contribution is -0.247. The molecule has 5 saturated carbocycles. The van der Waals surface area contributed by atoms with Crippen LogP contribution in [0.4, 0.5) is 0 Å². The van der Waals surface area contributed by atoms with Gasteiger partial charge in [-0.3, -0.25) is 4.79 Å². The van der Waals surface area contributed by atoms with Crippen molar-refractivity contribution >= 4 is 5.91 Å². The number of nitrogens with zero attached hydrogens (tertiary/aromatic N) is 1. The fraction of sp³-hybridized carbons (Fsp3) is 0.972. The van der Waals surface area contributed by atoms with Gasteiger partial charge in [-0.2, -0.15) is 0 Å². The number of aliphatic hydroxyl groups excluding tert-OH is 2. The topological polar surface area (TPSA) is 109 Å². The molecule has 250 valence electrons. The standard InChI is InChI=1S/C36H59NO7/c1-20-17-22(29(39)32(5,6)41)43-28-27(20)33(7)13-14-36-19-35(36)12-11-25(44-26-18-37(21(2)38)15-16-42-26)31(3,4)23(35)9-10-24(36)34(33,8)30(28)40/h20,22-30,39-41H,9-19H2,1-8H3/t20-,22?,23?,24+,25?,26?,27?,28?,29+,30+,33-,34?,35-,36?/m1/s1. The number of rotatable bonds is 4. The van der Waals surface area contributed by atoms with Crippen molar-refractivity contribution in [1.29, 1.82) is 0 Å². The lowest BCUT2D eigenvalue weighted by Gasteiger charge is -2.64. The first-order valence-corrected chi connectivity index (χ1v) is 17.7. The number of amides is 1. The average molecular weight is 618 g/mol. The van der Waals surface area contributed by atoms with Gasteiger partial charge in [-0.15, -0.1) is 0 Å². The summed E-state index contributed by atoms with van der Waals surface area (Å²) in [4.78, 5) is 13.9. The fourth-order valence-corrected chi connectivity index (χ4v) is 13.4. The number of carbonyl (C=O) groups is 1. The molecule has 5 aliphatic carbocycles. The van der Waals surface area contributed by atoms with E-state index in [1.807, 2.05) is 4.90 Å². The zero-order valence-electron chi connectivity index (χ0n) is 28.5. The number of hydrogen-bond donors (Lipinski definition) is 3. The largest absolute Gasteiger partial charge is 0.390 e. The van der Waals surface area contributed by atoms with E-state index in [9.17, 15) is 20.1 Å². The predicted molar refractivity (Wildman–Crippen MR) is 165 cm³/mol. The van der Waals surface area contributed by atoms with Crippen molar-refractivity contribution < 1.29 is 34.3 Å². The summed E-state index contributed by atoms with van der Waals surface area (Å²) in [5, 5.41) is 34.0. The van der Waals surface area contributed by atoms with Gasteiger partial charge in [0.05, 0.1) is 43.2 Å². The Morgan fingerprint density at radius 3 is 2.41 bits per heavy atom. The van der Waals surface area contributed by atoms with Gasteiger partial charge in [0.15, 0.2) is 6.29 Å². The lowest BCUT2D eigenvalue weighted by atomic mass is 9.41. The van der Waals surface area contributed by atoms with Crippen molar-refractivity contribution in [3.05, 3.63) is 0 Å². The summed E-state index contributed by atoms with van der Waals surface area (Å²) < 4.78 is 19.4. The zero-order chi connectivity index (χ0) is 31.8. The molecule has 0 bridgehead atoms. The summed E-state index contributed by atoms with van der Waals surface area (Å²) in [5.74, 6) is 1.62. The highest BCUT2D eigenvalue weighted by molar-refractivity contribution is 5.73. The highest BCUT2D eigenvalue weighted by Gasteiger charge is 2.84. The van der Waals surface area contributed by atoms with Gasteiger partial charge >= 0.3 is 0 Å². The molecule has 8 unspecified atom stereocenters. The van der Waals surface area contributed by atoms with Crippen molar-refractivity contribution in [2.45, 2.75) is 149 Å². The summed E-state index contributed by atoms with van der Waals surface area (Å²) in [5.41, 5.74) is -1.01. The van der Waals surface area contributed by atoms with Crippen molar-refractivity contribution in [2.24, 2.45) is 50.7 Å². The van der Waals surface area contributed by atoms with Gasteiger partial charge in [0.25, 0.3) is 0 Å². The first-order valence-electron chi connectivity index (χ1n) is 17.7. The Bertz CT molecular complexity index is 1170. The van der Waals surface area contributed by atoms with Gasteiger partial charge in [0.1, 0.15) is 6.10 Å². The smallest absolute Gasteiger partial charge is 0.219 e. The second-order valence-electron chi connectivity index (χ2n) is 18.0. The molecule has 8 nitrogen and oxygen atoms in total. The quantitative estimate of drug-likeness (QED) is 0.426. The van der Waals surface area contributed by atoms with Gasteiger partial charge in [0.2, 0.25) is 5.91 Å². The van der Waals surface area contributed by atoms with E-state index in [1.165, 1.54) is 12.8 Å². The van der Waals surface area contributed by atoms with Crippen LogP contribution < -0.4 is 0 Å². The minimum absolute atomic E-state index is 0.00337. The Morgan fingerprint density at radius 1 is 1.05 bits per heavy atom. The van der Waals surface area contributed by atoms with Crippen LogP contribution in [0.1, 0.15) is 107 Å². The number of hydrogen-bond acceptors (Lipinski definition) is 7. The molecule has 14 atom stereocenters. The summed E-state index contributed by atoms with van der Waals surface area (Å²) in [6, 6.07) is 0. The second kappa shape index (κ2) is 9.88. The van der Waals surface area contributed by atoms with Crippen molar-refractivity contribution in [2.75, 3.05) is 19.7 Å². The second-order valence-corrected chi connectivity index (χ2v) is 18.0. The van der Waals surface area contributed by atoms with E-state index in [1.54, 1.807) is 20.8 Å². The molecular weight excluding hydrogens is 558 g/mol. The molecule has 7 fully saturated rings. The maximum Gasteiger partial charge on any atom is 0.219 e. The van der Waals surface area contributed by atoms with Crippen LogP contribution in [0.5, 0.6) is 0 Å². The summed E-state index contributed by atoms with van der Waals surface area (Å²) in [7, 11) is 0. The van der Waals surface area contributed by atoms with Gasteiger partial charge in [0, 0.05) is 18.9 Å². The highest BCUT2D eigenvalue weighted by atomic mass is 16.7.